The molecule has 1 N–H and O–H groups in total. The molecule has 0 aliphatic heterocycles. The molecule has 4 nitrogen and oxygen atoms in total. The van der Waals surface area contributed by atoms with Gasteiger partial charge in [-0.3, -0.25) is 0 Å². The molecule has 20 heavy (non-hydrogen) atoms. The summed E-state index contributed by atoms with van der Waals surface area (Å²) in [7, 11) is 1.69. The van der Waals surface area contributed by atoms with Crippen LogP contribution in [0.2, 0.25) is 0 Å². The van der Waals surface area contributed by atoms with E-state index in [1.165, 1.54) is 5.56 Å². The maximum Gasteiger partial charge on any atom is 0.118 e. The molecule has 0 saturated heterocycles. The van der Waals surface area contributed by atoms with Crippen molar-refractivity contribution >= 4 is 0 Å². The molecule has 4 heteroatoms. The highest BCUT2D eigenvalue weighted by Crippen LogP contribution is 2.19. The molecule has 1 heterocycles. The third-order valence-electron chi connectivity index (χ3n) is 3.46. The summed E-state index contributed by atoms with van der Waals surface area (Å²) in [5.41, 5.74) is 1.27. The van der Waals surface area contributed by atoms with E-state index in [1.54, 1.807) is 7.11 Å². The first kappa shape index (κ1) is 14.6. The molecule has 1 aromatic carbocycles. The average Bonchev–Trinajstić information content (AvgIpc) is 2.89. The molecule has 0 saturated carbocycles. The topological polar surface area (TPSA) is 39.1 Å². The van der Waals surface area contributed by atoms with Gasteiger partial charge in [0.25, 0.3) is 0 Å². The SMILES string of the molecule is CCCNC(Cn1ccnc1C)c1ccc(OC)cc1. The van der Waals surface area contributed by atoms with E-state index in [0.717, 1.165) is 31.1 Å². The van der Waals surface area contributed by atoms with Gasteiger partial charge in [0.2, 0.25) is 0 Å². The van der Waals surface area contributed by atoms with Gasteiger partial charge in [0.15, 0.2) is 0 Å². The van der Waals surface area contributed by atoms with Crippen molar-refractivity contribution in [2.75, 3.05) is 13.7 Å². The Morgan fingerprint density at radius 1 is 1.30 bits per heavy atom. The van der Waals surface area contributed by atoms with Crippen molar-refractivity contribution in [1.82, 2.24) is 14.9 Å². The molecule has 1 atom stereocenters. The van der Waals surface area contributed by atoms with Gasteiger partial charge in [-0.2, -0.15) is 0 Å². The number of imidazole rings is 1. The maximum absolute atomic E-state index is 5.22. The molecule has 2 rings (SSSR count). The standard InChI is InChI=1S/C16H23N3O/c1-4-9-18-16(12-19-11-10-17-13(19)2)14-5-7-15(20-3)8-6-14/h5-8,10-11,16,18H,4,9,12H2,1-3H3. The summed E-state index contributed by atoms with van der Waals surface area (Å²) in [6.45, 7) is 6.11. The molecule has 0 spiro atoms. The lowest BCUT2D eigenvalue weighted by Gasteiger charge is -2.20. The average molecular weight is 273 g/mol. The fourth-order valence-corrected chi connectivity index (χ4v) is 2.24. The second kappa shape index (κ2) is 7.10. The number of aryl methyl sites for hydroxylation is 1. The largest absolute Gasteiger partial charge is 0.497 e. The highest BCUT2D eigenvalue weighted by atomic mass is 16.5. The van der Waals surface area contributed by atoms with Crippen LogP contribution in [0.15, 0.2) is 36.7 Å². The minimum Gasteiger partial charge on any atom is -0.497 e. The molecule has 0 amide bonds. The second-order valence-electron chi connectivity index (χ2n) is 4.91. The van der Waals surface area contributed by atoms with E-state index in [9.17, 15) is 0 Å². The van der Waals surface area contributed by atoms with Crippen LogP contribution in [0.4, 0.5) is 0 Å². The van der Waals surface area contributed by atoms with E-state index >= 15 is 0 Å². The van der Waals surface area contributed by atoms with Gasteiger partial charge >= 0.3 is 0 Å². The minimum absolute atomic E-state index is 0.286. The summed E-state index contributed by atoms with van der Waals surface area (Å²) >= 11 is 0. The number of nitrogens with zero attached hydrogens (tertiary/aromatic N) is 2. The van der Waals surface area contributed by atoms with Crippen LogP contribution in [-0.4, -0.2) is 23.2 Å². The predicted octanol–water partition coefficient (Wildman–Crippen LogP) is 2.94. The van der Waals surface area contributed by atoms with Crippen LogP contribution in [-0.2, 0) is 6.54 Å². The van der Waals surface area contributed by atoms with Crippen LogP contribution in [0.5, 0.6) is 5.75 Å². The van der Waals surface area contributed by atoms with E-state index in [1.807, 2.05) is 31.5 Å². The monoisotopic (exact) mass is 273 g/mol. The normalized spacial score (nSPS) is 12.3. The Hall–Kier alpha value is -1.81. The van der Waals surface area contributed by atoms with Crippen molar-refractivity contribution in [1.29, 1.82) is 0 Å². The van der Waals surface area contributed by atoms with Crippen molar-refractivity contribution in [3.05, 3.63) is 48.0 Å². The van der Waals surface area contributed by atoms with Crippen LogP contribution < -0.4 is 10.1 Å². The van der Waals surface area contributed by atoms with Crippen molar-refractivity contribution in [3.8, 4) is 5.75 Å². The Balaban J connectivity index is 2.15. The van der Waals surface area contributed by atoms with Gasteiger partial charge in [-0.05, 0) is 37.6 Å². The van der Waals surface area contributed by atoms with Gasteiger partial charge in [-0.1, -0.05) is 19.1 Å². The lowest BCUT2D eigenvalue weighted by molar-refractivity contribution is 0.413. The van der Waals surface area contributed by atoms with Crippen LogP contribution in [0.1, 0.15) is 30.8 Å². The molecule has 0 aliphatic rings. The molecule has 2 aromatic rings. The Bertz CT molecular complexity index is 519. The highest BCUT2D eigenvalue weighted by molar-refractivity contribution is 5.29. The number of benzene rings is 1. The van der Waals surface area contributed by atoms with Crippen molar-refractivity contribution in [3.63, 3.8) is 0 Å². The van der Waals surface area contributed by atoms with E-state index in [2.05, 4.69) is 33.9 Å². The van der Waals surface area contributed by atoms with Gasteiger partial charge in [0, 0.05) is 18.9 Å². The second-order valence-corrected chi connectivity index (χ2v) is 4.91. The fourth-order valence-electron chi connectivity index (χ4n) is 2.24. The van der Waals surface area contributed by atoms with Gasteiger partial charge in [0.1, 0.15) is 11.6 Å². The van der Waals surface area contributed by atoms with Crippen molar-refractivity contribution in [2.45, 2.75) is 32.9 Å². The first-order chi connectivity index (χ1) is 9.74. The summed E-state index contributed by atoms with van der Waals surface area (Å²) in [5.74, 6) is 1.93. The van der Waals surface area contributed by atoms with Crippen LogP contribution in [0, 0.1) is 6.92 Å². The number of methoxy groups -OCH3 is 1. The first-order valence-corrected chi connectivity index (χ1v) is 7.09. The van der Waals surface area contributed by atoms with Gasteiger partial charge in [-0.15, -0.1) is 0 Å². The highest BCUT2D eigenvalue weighted by Gasteiger charge is 2.12. The molecule has 0 radical (unpaired) electrons. The Morgan fingerprint density at radius 3 is 2.60 bits per heavy atom. The first-order valence-electron chi connectivity index (χ1n) is 7.09. The third-order valence-corrected chi connectivity index (χ3v) is 3.46. The van der Waals surface area contributed by atoms with Crippen molar-refractivity contribution in [2.24, 2.45) is 0 Å². The molecule has 0 fully saturated rings. The van der Waals surface area contributed by atoms with E-state index in [-0.39, 0.29) is 6.04 Å². The quantitative estimate of drug-likeness (QED) is 0.843. The van der Waals surface area contributed by atoms with Crippen LogP contribution >= 0.6 is 0 Å². The zero-order chi connectivity index (χ0) is 14.4. The smallest absolute Gasteiger partial charge is 0.118 e. The van der Waals surface area contributed by atoms with Crippen LogP contribution in [0.3, 0.4) is 0 Å². The minimum atomic E-state index is 0.286. The Kier molecular flexibility index (Phi) is 5.18. The summed E-state index contributed by atoms with van der Waals surface area (Å²) in [6, 6.07) is 8.55. The molecular formula is C16H23N3O. The molecule has 0 bridgehead atoms. The molecule has 0 aliphatic carbocycles. The number of nitrogens with one attached hydrogen (secondary N) is 1. The fraction of sp³-hybridized carbons (Fsp3) is 0.438. The Labute approximate surface area is 120 Å². The molecule has 1 aromatic heterocycles. The molecule has 1 unspecified atom stereocenters. The summed E-state index contributed by atoms with van der Waals surface area (Å²) in [4.78, 5) is 4.29. The van der Waals surface area contributed by atoms with E-state index in [0.29, 0.717) is 0 Å². The van der Waals surface area contributed by atoms with Gasteiger partial charge in [0.05, 0.1) is 13.2 Å². The van der Waals surface area contributed by atoms with E-state index < -0.39 is 0 Å². The number of ether oxygens (including phenoxy) is 1. The number of aromatic nitrogens is 2. The number of rotatable bonds is 7. The maximum atomic E-state index is 5.22. The van der Waals surface area contributed by atoms with Gasteiger partial charge in [-0.25, -0.2) is 4.98 Å². The van der Waals surface area contributed by atoms with E-state index in [4.69, 9.17) is 4.74 Å². The lowest BCUT2D eigenvalue weighted by atomic mass is 10.1. The summed E-state index contributed by atoms with van der Waals surface area (Å²) in [6.07, 6.45) is 5.00. The summed E-state index contributed by atoms with van der Waals surface area (Å²) < 4.78 is 7.40. The zero-order valence-corrected chi connectivity index (χ0v) is 12.5. The number of hydrogen-bond donors (Lipinski definition) is 1. The molecular weight excluding hydrogens is 250 g/mol. The third kappa shape index (κ3) is 3.61. The van der Waals surface area contributed by atoms with Gasteiger partial charge < -0.3 is 14.6 Å². The van der Waals surface area contributed by atoms with Crippen LogP contribution in [0.25, 0.3) is 0 Å². The summed E-state index contributed by atoms with van der Waals surface area (Å²) in [5, 5.41) is 3.60. The van der Waals surface area contributed by atoms with Crippen molar-refractivity contribution < 1.29 is 4.74 Å². The Morgan fingerprint density at radius 2 is 2.05 bits per heavy atom. The zero-order valence-electron chi connectivity index (χ0n) is 12.5. The number of hydrogen-bond acceptors (Lipinski definition) is 3. The lowest BCUT2D eigenvalue weighted by Crippen LogP contribution is -2.26. The predicted molar refractivity (Wildman–Crippen MR) is 81.0 cm³/mol. The molecule has 108 valence electrons.